The van der Waals surface area contributed by atoms with Crippen LogP contribution in [0.25, 0.3) is 0 Å². The van der Waals surface area contributed by atoms with Gasteiger partial charge in [-0.1, -0.05) is 54.6 Å². The fourth-order valence-electron chi connectivity index (χ4n) is 4.17. The van der Waals surface area contributed by atoms with E-state index in [1.165, 1.54) is 0 Å². The van der Waals surface area contributed by atoms with Gasteiger partial charge in [-0.3, -0.25) is 19.6 Å². The Morgan fingerprint density at radius 2 is 1.62 bits per heavy atom. The lowest BCUT2D eigenvalue weighted by Crippen LogP contribution is -2.48. The van der Waals surface area contributed by atoms with Crippen molar-refractivity contribution < 1.29 is 19.6 Å². The van der Waals surface area contributed by atoms with E-state index in [2.05, 4.69) is 0 Å². The summed E-state index contributed by atoms with van der Waals surface area (Å²) in [6.07, 6.45) is 4.18. The van der Waals surface area contributed by atoms with Gasteiger partial charge in [0, 0.05) is 30.6 Å². The van der Waals surface area contributed by atoms with Gasteiger partial charge in [0.25, 0.3) is 0 Å². The van der Waals surface area contributed by atoms with Gasteiger partial charge in [0.05, 0.1) is 6.04 Å². The fraction of sp³-hybridized carbons (Fsp3) is 0.400. The number of nitrogens with zero attached hydrogens (tertiary/aromatic N) is 1. The molecule has 1 aliphatic rings. The Bertz CT molecular complexity index is 907. The number of likely N-dealkylation sites (tertiary alicyclic amines) is 1. The summed E-state index contributed by atoms with van der Waals surface area (Å²) in [7, 11) is 0. The number of hydroxylamine groups is 1. The van der Waals surface area contributed by atoms with E-state index in [4.69, 9.17) is 10.9 Å². The van der Waals surface area contributed by atoms with Crippen molar-refractivity contribution in [2.24, 2.45) is 11.7 Å². The van der Waals surface area contributed by atoms with Crippen LogP contribution in [0.4, 0.5) is 0 Å². The van der Waals surface area contributed by atoms with Gasteiger partial charge in [-0.15, -0.1) is 0 Å². The van der Waals surface area contributed by atoms with Crippen molar-refractivity contribution in [1.29, 1.82) is 0 Å². The summed E-state index contributed by atoms with van der Waals surface area (Å²) in [4.78, 5) is 38.2. The normalized spacial score (nSPS) is 15.2. The van der Waals surface area contributed by atoms with Crippen molar-refractivity contribution in [3.05, 3.63) is 71.3 Å². The molecule has 0 aromatic heterocycles. The molecule has 0 saturated carbocycles. The topological polar surface area (TPSA) is 113 Å². The zero-order valence-electron chi connectivity index (χ0n) is 18.2. The first-order valence-corrected chi connectivity index (χ1v) is 11.1. The molecule has 7 heteroatoms. The van der Waals surface area contributed by atoms with Gasteiger partial charge in [0.1, 0.15) is 0 Å². The summed E-state index contributed by atoms with van der Waals surface area (Å²) >= 11 is 0. The second-order valence-corrected chi connectivity index (χ2v) is 8.40. The molecule has 3 rings (SSSR count). The first kappa shape index (κ1) is 23.6. The number of hydrogen-bond donors (Lipinski definition) is 3. The van der Waals surface area contributed by atoms with Gasteiger partial charge in [-0.25, -0.2) is 5.48 Å². The summed E-state index contributed by atoms with van der Waals surface area (Å²) in [5, 5.41) is 8.54. The summed E-state index contributed by atoms with van der Waals surface area (Å²) in [6, 6.07) is 15.8. The highest BCUT2D eigenvalue weighted by Gasteiger charge is 2.26. The van der Waals surface area contributed by atoms with Crippen LogP contribution in [-0.4, -0.2) is 46.8 Å². The lowest BCUT2D eigenvalue weighted by atomic mass is 9.91. The van der Waals surface area contributed by atoms with Crippen LogP contribution in [-0.2, 0) is 16.0 Å². The van der Waals surface area contributed by atoms with E-state index in [1.54, 1.807) is 29.7 Å². The van der Waals surface area contributed by atoms with Crippen molar-refractivity contribution in [2.75, 3.05) is 13.1 Å². The molecule has 7 nitrogen and oxygen atoms in total. The number of hydrogen-bond acceptors (Lipinski definition) is 5. The van der Waals surface area contributed by atoms with Crippen LogP contribution in [0.3, 0.4) is 0 Å². The monoisotopic (exact) mass is 437 g/mol. The standard InChI is InChI=1S/C25H31N3O4/c26-22(25(31)28-15-13-18(14-16-28)5-4-8-23(29)27-32)17-19-9-11-21(12-10-19)24(30)20-6-2-1-3-7-20/h1-3,6-7,9-12,18,22,32H,4-5,8,13-17,26H2,(H,27,29). The highest BCUT2D eigenvalue weighted by atomic mass is 16.5. The lowest BCUT2D eigenvalue weighted by Gasteiger charge is -2.33. The van der Waals surface area contributed by atoms with Crippen molar-refractivity contribution in [1.82, 2.24) is 10.4 Å². The minimum Gasteiger partial charge on any atom is -0.341 e. The average Bonchev–Trinajstić information content (AvgIpc) is 2.84. The predicted octanol–water partition coefficient (Wildman–Crippen LogP) is 2.70. The van der Waals surface area contributed by atoms with E-state index in [1.807, 2.05) is 35.2 Å². The molecule has 170 valence electrons. The molecule has 0 aliphatic carbocycles. The Morgan fingerprint density at radius 3 is 2.25 bits per heavy atom. The number of rotatable bonds is 9. The molecule has 1 fully saturated rings. The van der Waals surface area contributed by atoms with Gasteiger partial charge in [-0.2, -0.15) is 0 Å². The number of carbonyl (C=O) groups excluding carboxylic acids is 3. The number of benzene rings is 2. The molecule has 1 heterocycles. The van der Waals surface area contributed by atoms with Crippen LogP contribution in [0.2, 0.25) is 0 Å². The Hall–Kier alpha value is -3.03. The number of piperidine rings is 1. The molecule has 0 spiro atoms. The third kappa shape index (κ3) is 6.48. The number of amides is 2. The zero-order valence-corrected chi connectivity index (χ0v) is 18.2. The molecule has 4 N–H and O–H groups in total. The summed E-state index contributed by atoms with van der Waals surface area (Å²) in [5.41, 5.74) is 10.0. The number of nitrogens with one attached hydrogen (secondary N) is 1. The predicted molar refractivity (Wildman–Crippen MR) is 121 cm³/mol. The van der Waals surface area contributed by atoms with Gasteiger partial charge >= 0.3 is 0 Å². The fourth-order valence-corrected chi connectivity index (χ4v) is 4.17. The molecule has 0 bridgehead atoms. The molecular weight excluding hydrogens is 406 g/mol. The van der Waals surface area contributed by atoms with E-state index in [9.17, 15) is 14.4 Å². The van der Waals surface area contributed by atoms with Crippen LogP contribution in [0.1, 0.15) is 53.6 Å². The van der Waals surface area contributed by atoms with Crippen molar-refractivity contribution >= 4 is 17.6 Å². The zero-order chi connectivity index (χ0) is 22.9. The molecular formula is C25H31N3O4. The van der Waals surface area contributed by atoms with Gasteiger partial charge in [0.15, 0.2) is 5.78 Å². The Balaban J connectivity index is 1.45. The van der Waals surface area contributed by atoms with Crippen LogP contribution < -0.4 is 11.2 Å². The SMILES string of the molecule is NC(Cc1ccc(C(=O)c2ccccc2)cc1)C(=O)N1CCC(CCCC(=O)NO)CC1. The number of ketones is 1. The maximum absolute atomic E-state index is 12.8. The minimum absolute atomic E-state index is 0.0302. The third-order valence-electron chi connectivity index (χ3n) is 6.09. The van der Waals surface area contributed by atoms with Crippen LogP contribution >= 0.6 is 0 Å². The van der Waals surface area contributed by atoms with Crippen molar-refractivity contribution in [3.63, 3.8) is 0 Å². The second kappa shape index (κ2) is 11.5. The van der Waals surface area contributed by atoms with E-state index >= 15 is 0 Å². The smallest absolute Gasteiger partial charge is 0.243 e. The second-order valence-electron chi connectivity index (χ2n) is 8.40. The van der Waals surface area contributed by atoms with Gasteiger partial charge in [-0.05, 0) is 43.6 Å². The summed E-state index contributed by atoms with van der Waals surface area (Å²) < 4.78 is 0. The molecule has 1 unspecified atom stereocenters. The van der Waals surface area contributed by atoms with Gasteiger partial charge in [0.2, 0.25) is 11.8 Å². The van der Waals surface area contributed by atoms with E-state index in [0.717, 1.165) is 31.2 Å². The summed E-state index contributed by atoms with van der Waals surface area (Å²) in [5.74, 6) is 0.0439. The van der Waals surface area contributed by atoms with Crippen molar-refractivity contribution in [2.45, 2.75) is 44.6 Å². The Labute approximate surface area is 188 Å². The molecule has 1 atom stereocenters. The molecule has 2 aromatic carbocycles. The maximum Gasteiger partial charge on any atom is 0.243 e. The van der Waals surface area contributed by atoms with Crippen LogP contribution in [0.15, 0.2) is 54.6 Å². The Kier molecular flexibility index (Phi) is 8.53. The molecule has 2 amide bonds. The van der Waals surface area contributed by atoms with E-state index in [0.29, 0.717) is 43.0 Å². The third-order valence-corrected chi connectivity index (χ3v) is 6.09. The first-order chi connectivity index (χ1) is 15.5. The minimum atomic E-state index is -0.615. The number of carbonyl (C=O) groups is 3. The molecule has 32 heavy (non-hydrogen) atoms. The molecule has 2 aromatic rings. The number of nitrogens with two attached hydrogens (primary N) is 1. The quantitative estimate of drug-likeness (QED) is 0.317. The van der Waals surface area contributed by atoms with E-state index < -0.39 is 6.04 Å². The van der Waals surface area contributed by atoms with Crippen LogP contribution in [0, 0.1) is 5.92 Å². The van der Waals surface area contributed by atoms with Crippen molar-refractivity contribution in [3.8, 4) is 0 Å². The highest BCUT2D eigenvalue weighted by molar-refractivity contribution is 6.08. The van der Waals surface area contributed by atoms with Crippen LogP contribution in [0.5, 0.6) is 0 Å². The average molecular weight is 438 g/mol. The first-order valence-electron chi connectivity index (χ1n) is 11.1. The molecule has 1 aliphatic heterocycles. The molecule has 0 radical (unpaired) electrons. The maximum atomic E-state index is 12.8. The Morgan fingerprint density at radius 1 is 1.00 bits per heavy atom. The van der Waals surface area contributed by atoms with Gasteiger partial charge < -0.3 is 10.6 Å². The lowest BCUT2D eigenvalue weighted by molar-refractivity contribution is -0.134. The summed E-state index contributed by atoms with van der Waals surface area (Å²) in [6.45, 7) is 1.35. The van der Waals surface area contributed by atoms with E-state index in [-0.39, 0.29) is 17.6 Å². The largest absolute Gasteiger partial charge is 0.341 e. The highest BCUT2D eigenvalue weighted by Crippen LogP contribution is 2.23. The molecule has 1 saturated heterocycles.